The van der Waals surface area contributed by atoms with E-state index >= 15 is 0 Å². The van der Waals surface area contributed by atoms with E-state index in [0.29, 0.717) is 5.69 Å². The monoisotopic (exact) mass is 257 g/mol. The van der Waals surface area contributed by atoms with Gasteiger partial charge in [-0.15, -0.1) is 0 Å². The molecule has 0 radical (unpaired) electrons. The number of nitro groups is 1. The third kappa shape index (κ3) is 2.92. The van der Waals surface area contributed by atoms with Crippen LogP contribution in [0.1, 0.15) is 15.9 Å². The zero-order valence-corrected chi connectivity index (χ0v) is 10.2. The standard InChI is InChI=1S/C13H11N3O3/c1-9-4-5-12(16(18)19)11(7-9)13(17)15-10-3-2-6-14-8-10/h2-8H,1H3,(H,15,17). The summed E-state index contributed by atoms with van der Waals surface area (Å²) in [7, 11) is 0. The van der Waals surface area contributed by atoms with Crippen LogP contribution in [-0.4, -0.2) is 15.8 Å². The summed E-state index contributed by atoms with van der Waals surface area (Å²) in [6, 6.07) is 7.74. The predicted molar refractivity (Wildman–Crippen MR) is 70.0 cm³/mol. The van der Waals surface area contributed by atoms with Gasteiger partial charge in [-0.05, 0) is 30.7 Å². The van der Waals surface area contributed by atoms with Crippen LogP contribution in [0.4, 0.5) is 11.4 Å². The Bertz CT molecular complexity index is 626. The highest BCUT2D eigenvalue weighted by Crippen LogP contribution is 2.21. The van der Waals surface area contributed by atoms with Crippen molar-refractivity contribution in [2.45, 2.75) is 6.92 Å². The van der Waals surface area contributed by atoms with Crippen LogP contribution in [0.15, 0.2) is 42.7 Å². The lowest BCUT2D eigenvalue weighted by Gasteiger charge is -2.06. The highest BCUT2D eigenvalue weighted by atomic mass is 16.6. The molecule has 0 fully saturated rings. The Kier molecular flexibility index (Phi) is 3.51. The van der Waals surface area contributed by atoms with Crippen molar-refractivity contribution in [3.05, 3.63) is 64.0 Å². The van der Waals surface area contributed by atoms with Gasteiger partial charge in [-0.3, -0.25) is 19.9 Å². The molecule has 0 saturated heterocycles. The fourth-order valence-corrected chi connectivity index (χ4v) is 1.63. The van der Waals surface area contributed by atoms with Crippen molar-refractivity contribution in [2.24, 2.45) is 0 Å². The lowest BCUT2D eigenvalue weighted by atomic mass is 10.1. The predicted octanol–water partition coefficient (Wildman–Crippen LogP) is 2.55. The second kappa shape index (κ2) is 5.26. The van der Waals surface area contributed by atoms with Gasteiger partial charge in [0.25, 0.3) is 11.6 Å². The number of amides is 1. The zero-order chi connectivity index (χ0) is 13.8. The molecule has 1 aromatic carbocycles. The first-order valence-corrected chi connectivity index (χ1v) is 5.54. The molecule has 0 saturated carbocycles. The number of anilines is 1. The second-order valence-corrected chi connectivity index (χ2v) is 3.97. The molecule has 0 aliphatic heterocycles. The molecule has 6 nitrogen and oxygen atoms in total. The quantitative estimate of drug-likeness (QED) is 0.676. The van der Waals surface area contributed by atoms with E-state index in [1.807, 2.05) is 0 Å². The summed E-state index contributed by atoms with van der Waals surface area (Å²) in [5.74, 6) is -0.525. The normalized spacial score (nSPS) is 9.95. The molecular formula is C13H11N3O3. The Hall–Kier alpha value is -2.76. The maximum Gasteiger partial charge on any atom is 0.282 e. The minimum absolute atomic E-state index is 0.0360. The first-order valence-electron chi connectivity index (χ1n) is 5.54. The third-order valence-corrected chi connectivity index (χ3v) is 2.51. The highest BCUT2D eigenvalue weighted by molar-refractivity contribution is 6.07. The minimum atomic E-state index is -0.572. The number of hydrogen-bond donors (Lipinski definition) is 1. The molecule has 1 aromatic heterocycles. The molecule has 0 unspecified atom stereocenters. The van der Waals surface area contributed by atoms with Gasteiger partial charge in [0.05, 0.1) is 16.8 Å². The van der Waals surface area contributed by atoms with E-state index in [4.69, 9.17) is 0 Å². The fraction of sp³-hybridized carbons (Fsp3) is 0.0769. The summed E-state index contributed by atoms with van der Waals surface area (Å²) in [4.78, 5) is 26.2. The number of nitrogens with one attached hydrogen (secondary N) is 1. The van der Waals surface area contributed by atoms with Crippen LogP contribution in [0, 0.1) is 17.0 Å². The highest BCUT2D eigenvalue weighted by Gasteiger charge is 2.20. The van der Waals surface area contributed by atoms with Crippen molar-refractivity contribution < 1.29 is 9.72 Å². The number of benzene rings is 1. The minimum Gasteiger partial charge on any atom is -0.320 e. The number of rotatable bonds is 3. The van der Waals surface area contributed by atoms with Gasteiger partial charge in [0.1, 0.15) is 5.56 Å². The Morgan fingerprint density at radius 3 is 2.79 bits per heavy atom. The van der Waals surface area contributed by atoms with E-state index in [-0.39, 0.29) is 11.3 Å². The summed E-state index contributed by atoms with van der Waals surface area (Å²) in [5.41, 5.74) is 1.09. The van der Waals surface area contributed by atoms with Crippen LogP contribution in [-0.2, 0) is 0 Å². The Balaban J connectivity index is 2.33. The number of pyridine rings is 1. The number of nitrogens with zero attached hydrogens (tertiary/aromatic N) is 2. The topological polar surface area (TPSA) is 85.1 Å². The van der Waals surface area contributed by atoms with Crippen LogP contribution >= 0.6 is 0 Å². The average Bonchev–Trinajstić information content (AvgIpc) is 2.39. The molecule has 0 bridgehead atoms. The molecular weight excluding hydrogens is 246 g/mol. The third-order valence-electron chi connectivity index (χ3n) is 2.51. The maximum atomic E-state index is 12.0. The number of aromatic nitrogens is 1. The maximum absolute atomic E-state index is 12.0. The van der Waals surface area contributed by atoms with Crippen LogP contribution in [0.25, 0.3) is 0 Å². The van der Waals surface area contributed by atoms with E-state index in [2.05, 4.69) is 10.3 Å². The number of carbonyl (C=O) groups excluding carboxylic acids is 1. The molecule has 0 atom stereocenters. The van der Waals surface area contributed by atoms with Crippen molar-refractivity contribution >= 4 is 17.3 Å². The van der Waals surface area contributed by atoms with Crippen molar-refractivity contribution in [3.8, 4) is 0 Å². The second-order valence-electron chi connectivity index (χ2n) is 3.97. The van der Waals surface area contributed by atoms with Gasteiger partial charge in [-0.2, -0.15) is 0 Å². The molecule has 19 heavy (non-hydrogen) atoms. The van der Waals surface area contributed by atoms with Gasteiger partial charge in [0, 0.05) is 12.3 Å². The lowest BCUT2D eigenvalue weighted by Crippen LogP contribution is -2.14. The number of hydrogen-bond acceptors (Lipinski definition) is 4. The number of carbonyl (C=O) groups is 1. The molecule has 1 N–H and O–H groups in total. The van der Waals surface area contributed by atoms with Crippen molar-refractivity contribution in [1.29, 1.82) is 0 Å². The SMILES string of the molecule is Cc1ccc([N+](=O)[O-])c(C(=O)Nc2cccnc2)c1. The van der Waals surface area contributed by atoms with Gasteiger partial charge >= 0.3 is 0 Å². The molecule has 1 amide bonds. The van der Waals surface area contributed by atoms with Crippen LogP contribution < -0.4 is 5.32 Å². The van der Waals surface area contributed by atoms with Gasteiger partial charge in [0.2, 0.25) is 0 Å². The first kappa shape index (κ1) is 12.7. The van der Waals surface area contributed by atoms with Crippen molar-refractivity contribution in [3.63, 3.8) is 0 Å². The van der Waals surface area contributed by atoms with Crippen LogP contribution in [0.2, 0.25) is 0 Å². The van der Waals surface area contributed by atoms with Gasteiger partial charge in [-0.25, -0.2) is 0 Å². The molecule has 0 spiro atoms. The Labute approximate surface area is 109 Å². The van der Waals surface area contributed by atoms with E-state index in [1.54, 1.807) is 31.3 Å². The van der Waals surface area contributed by atoms with E-state index in [9.17, 15) is 14.9 Å². The lowest BCUT2D eigenvalue weighted by molar-refractivity contribution is -0.385. The summed E-state index contributed by atoms with van der Waals surface area (Å²) >= 11 is 0. The van der Waals surface area contributed by atoms with Crippen LogP contribution in [0.3, 0.4) is 0 Å². The van der Waals surface area contributed by atoms with Crippen molar-refractivity contribution in [1.82, 2.24) is 4.98 Å². The van der Waals surface area contributed by atoms with Gasteiger partial charge < -0.3 is 5.32 Å². The summed E-state index contributed by atoms with van der Waals surface area (Å²) in [5, 5.41) is 13.5. The molecule has 0 aliphatic carbocycles. The number of nitro benzene ring substituents is 1. The van der Waals surface area contributed by atoms with Gasteiger partial charge in [0.15, 0.2) is 0 Å². The summed E-state index contributed by atoms with van der Waals surface area (Å²) in [6.45, 7) is 1.77. The average molecular weight is 257 g/mol. The van der Waals surface area contributed by atoms with E-state index < -0.39 is 10.8 Å². The van der Waals surface area contributed by atoms with Gasteiger partial charge in [-0.1, -0.05) is 6.07 Å². The number of aryl methyl sites for hydroxylation is 1. The van der Waals surface area contributed by atoms with E-state index in [1.165, 1.54) is 18.3 Å². The first-order chi connectivity index (χ1) is 9.08. The van der Waals surface area contributed by atoms with Crippen molar-refractivity contribution in [2.75, 3.05) is 5.32 Å². The molecule has 2 rings (SSSR count). The Morgan fingerprint density at radius 2 is 2.16 bits per heavy atom. The molecule has 6 heteroatoms. The summed E-state index contributed by atoms with van der Waals surface area (Å²) in [6.07, 6.45) is 3.05. The smallest absolute Gasteiger partial charge is 0.282 e. The fourth-order valence-electron chi connectivity index (χ4n) is 1.63. The van der Waals surface area contributed by atoms with E-state index in [0.717, 1.165) is 5.56 Å². The molecule has 2 aromatic rings. The summed E-state index contributed by atoms with van der Waals surface area (Å²) < 4.78 is 0. The van der Waals surface area contributed by atoms with Crippen LogP contribution in [0.5, 0.6) is 0 Å². The molecule has 96 valence electrons. The Morgan fingerprint density at radius 1 is 1.37 bits per heavy atom. The largest absolute Gasteiger partial charge is 0.320 e. The molecule has 0 aliphatic rings. The molecule has 1 heterocycles. The zero-order valence-electron chi connectivity index (χ0n) is 10.2.